The lowest BCUT2D eigenvalue weighted by Crippen LogP contribution is -2.12. The van der Waals surface area contributed by atoms with Crippen LogP contribution in [0.1, 0.15) is 28.4 Å². The molecule has 3 heterocycles. The zero-order valence-corrected chi connectivity index (χ0v) is 14.1. The molecule has 21 heavy (non-hydrogen) atoms. The Kier molecular flexibility index (Phi) is 3.72. The van der Waals surface area contributed by atoms with Crippen LogP contribution in [0.2, 0.25) is 0 Å². The van der Waals surface area contributed by atoms with Gasteiger partial charge >= 0.3 is 0 Å². The van der Waals surface area contributed by atoms with E-state index in [4.69, 9.17) is 5.73 Å². The van der Waals surface area contributed by atoms with E-state index in [0.717, 1.165) is 19.6 Å². The number of H-pyrrole nitrogens is 1. The van der Waals surface area contributed by atoms with Crippen molar-refractivity contribution in [2.75, 3.05) is 5.73 Å². The fraction of sp³-hybridized carbons (Fsp3) is 0.333. The molecule has 3 N–H and O–H groups in total. The zero-order valence-electron chi connectivity index (χ0n) is 11.6. The van der Waals surface area contributed by atoms with Crippen molar-refractivity contribution in [1.82, 2.24) is 20.2 Å². The number of thioether (sulfide) groups is 1. The van der Waals surface area contributed by atoms with E-state index in [0.29, 0.717) is 16.3 Å². The van der Waals surface area contributed by atoms with Crippen LogP contribution in [0.25, 0.3) is 10.2 Å². The summed E-state index contributed by atoms with van der Waals surface area (Å²) >= 11 is 4.36. The lowest BCUT2D eigenvalue weighted by Gasteiger charge is -2.07. The van der Waals surface area contributed by atoms with Gasteiger partial charge in [0, 0.05) is 4.88 Å². The predicted octanol–water partition coefficient (Wildman–Crippen LogP) is 2.89. The van der Waals surface area contributed by atoms with Crippen molar-refractivity contribution in [2.24, 2.45) is 0 Å². The summed E-state index contributed by atoms with van der Waals surface area (Å²) in [7, 11) is 0. The van der Waals surface area contributed by atoms with Gasteiger partial charge in [-0.25, -0.2) is 4.98 Å². The van der Waals surface area contributed by atoms with Gasteiger partial charge in [0.2, 0.25) is 5.13 Å². The summed E-state index contributed by atoms with van der Waals surface area (Å²) in [6.45, 7) is 5.93. The highest BCUT2D eigenvalue weighted by molar-refractivity contribution is 8.01. The second-order valence-electron chi connectivity index (χ2n) is 4.58. The zero-order chi connectivity index (χ0) is 15.1. The maximum atomic E-state index is 12.3. The largest absolute Gasteiger partial charge is 0.374 e. The topological polar surface area (TPSA) is 97.5 Å². The van der Waals surface area contributed by atoms with Crippen molar-refractivity contribution < 1.29 is 0 Å². The molecule has 0 fully saturated rings. The first kappa shape index (κ1) is 14.5. The molecule has 0 radical (unpaired) electrons. The Morgan fingerprint density at radius 2 is 2.05 bits per heavy atom. The number of nitrogens with one attached hydrogen (secondary N) is 1. The summed E-state index contributed by atoms with van der Waals surface area (Å²) in [5.74, 6) is 0.646. The SMILES string of the molecule is Cc1sc2nc(C(C)Sc3nnc(N)s3)[nH]c(=O)c2c1C. The Labute approximate surface area is 132 Å². The summed E-state index contributed by atoms with van der Waals surface area (Å²) in [5.41, 5.74) is 6.50. The van der Waals surface area contributed by atoms with Gasteiger partial charge in [0.15, 0.2) is 4.34 Å². The fourth-order valence-electron chi connectivity index (χ4n) is 1.94. The number of hydrogen-bond acceptors (Lipinski definition) is 8. The maximum absolute atomic E-state index is 12.3. The summed E-state index contributed by atoms with van der Waals surface area (Å²) in [6, 6.07) is 0. The standard InChI is InChI=1S/C12H13N5OS3/c1-4-5(2)19-10-7(4)9(18)14-8(15-10)6(3)20-12-17-16-11(13)21-12/h6H,1-3H3,(H2,13,16)(H,14,15,18). The molecule has 3 rings (SSSR count). The second-order valence-corrected chi connectivity index (χ2v) is 8.38. The average Bonchev–Trinajstić information content (AvgIpc) is 2.94. The molecule has 0 amide bonds. The van der Waals surface area contributed by atoms with Crippen molar-refractivity contribution in [3.63, 3.8) is 0 Å². The summed E-state index contributed by atoms with van der Waals surface area (Å²) in [5, 5.41) is 8.85. The highest BCUT2D eigenvalue weighted by Gasteiger charge is 2.17. The van der Waals surface area contributed by atoms with E-state index in [1.165, 1.54) is 23.1 Å². The highest BCUT2D eigenvalue weighted by atomic mass is 32.2. The van der Waals surface area contributed by atoms with Crippen molar-refractivity contribution >= 4 is 49.8 Å². The third-order valence-corrected chi connectivity index (χ3v) is 6.19. The Bertz CT molecular complexity index is 866. The maximum Gasteiger partial charge on any atom is 0.259 e. The van der Waals surface area contributed by atoms with E-state index in [2.05, 4.69) is 20.2 Å². The molecule has 0 aliphatic carbocycles. The monoisotopic (exact) mass is 339 g/mol. The quantitative estimate of drug-likeness (QED) is 0.712. The van der Waals surface area contributed by atoms with E-state index >= 15 is 0 Å². The van der Waals surface area contributed by atoms with Crippen LogP contribution in [0.4, 0.5) is 5.13 Å². The van der Waals surface area contributed by atoms with Crippen LogP contribution in [0, 0.1) is 13.8 Å². The van der Waals surface area contributed by atoms with Gasteiger partial charge in [-0.2, -0.15) is 0 Å². The smallest absolute Gasteiger partial charge is 0.259 e. The van der Waals surface area contributed by atoms with Gasteiger partial charge < -0.3 is 10.7 Å². The minimum atomic E-state index is -0.0823. The molecular weight excluding hydrogens is 326 g/mol. The average molecular weight is 339 g/mol. The minimum absolute atomic E-state index is 0.0304. The number of rotatable bonds is 3. The Hall–Kier alpha value is -1.45. The molecule has 6 nitrogen and oxygen atoms in total. The first-order chi connectivity index (χ1) is 9.95. The fourth-order valence-corrected chi connectivity index (χ4v) is 4.81. The van der Waals surface area contributed by atoms with Gasteiger partial charge in [-0.3, -0.25) is 4.79 Å². The second kappa shape index (κ2) is 5.39. The summed E-state index contributed by atoms with van der Waals surface area (Å²) < 4.78 is 0.765. The van der Waals surface area contributed by atoms with E-state index in [1.54, 1.807) is 11.3 Å². The van der Waals surface area contributed by atoms with Crippen LogP contribution in [0.3, 0.4) is 0 Å². The Morgan fingerprint density at radius 1 is 1.29 bits per heavy atom. The molecule has 0 aliphatic heterocycles. The van der Waals surface area contributed by atoms with E-state index in [1.807, 2.05) is 20.8 Å². The lowest BCUT2D eigenvalue weighted by atomic mass is 10.2. The number of aryl methyl sites for hydroxylation is 2. The van der Waals surface area contributed by atoms with Crippen molar-refractivity contribution in [3.8, 4) is 0 Å². The van der Waals surface area contributed by atoms with Gasteiger partial charge in [0.25, 0.3) is 5.56 Å². The molecule has 0 bridgehead atoms. The number of aromatic nitrogens is 4. The number of anilines is 1. The molecule has 0 saturated carbocycles. The number of hydrogen-bond donors (Lipinski definition) is 2. The Balaban J connectivity index is 1.98. The number of fused-ring (bicyclic) bond motifs is 1. The van der Waals surface area contributed by atoms with Gasteiger partial charge in [-0.15, -0.1) is 21.5 Å². The minimum Gasteiger partial charge on any atom is -0.374 e. The van der Waals surface area contributed by atoms with Gasteiger partial charge in [-0.1, -0.05) is 23.1 Å². The molecule has 0 spiro atoms. The molecule has 0 aromatic carbocycles. The van der Waals surface area contributed by atoms with Gasteiger partial charge in [0.05, 0.1) is 10.6 Å². The van der Waals surface area contributed by atoms with Crippen LogP contribution in [-0.4, -0.2) is 20.2 Å². The van der Waals surface area contributed by atoms with Crippen LogP contribution in [-0.2, 0) is 0 Å². The molecular formula is C12H13N5OS3. The third kappa shape index (κ3) is 2.68. The van der Waals surface area contributed by atoms with E-state index < -0.39 is 0 Å². The van der Waals surface area contributed by atoms with Crippen LogP contribution >= 0.6 is 34.4 Å². The van der Waals surface area contributed by atoms with Crippen molar-refractivity contribution in [1.29, 1.82) is 0 Å². The molecule has 3 aromatic heterocycles. The number of aromatic amines is 1. The van der Waals surface area contributed by atoms with Crippen LogP contribution in [0.15, 0.2) is 9.13 Å². The predicted molar refractivity (Wildman–Crippen MR) is 88.3 cm³/mol. The molecule has 1 unspecified atom stereocenters. The van der Waals surface area contributed by atoms with Gasteiger partial charge in [0.1, 0.15) is 10.7 Å². The lowest BCUT2D eigenvalue weighted by molar-refractivity contribution is 0.919. The molecule has 9 heteroatoms. The number of nitrogens with two attached hydrogens (primary N) is 1. The normalized spacial score (nSPS) is 12.9. The molecule has 0 aliphatic rings. The first-order valence-corrected chi connectivity index (χ1v) is 8.72. The number of thiophene rings is 1. The number of nitrogens with zero attached hydrogens (tertiary/aromatic N) is 3. The number of nitrogen functional groups attached to an aromatic ring is 1. The molecule has 110 valence electrons. The summed E-state index contributed by atoms with van der Waals surface area (Å²) in [4.78, 5) is 21.6. The van der Waals surface area contributed by atoms with Crippen LogP contribution < -0.4 is 11.3 Å². The van der Waals surface area contributed by atoms with Crippen molar-refractivity contribution in [2.45, 2.75) is 30.4 Å². The molecule has 3 aromatic rings. The highest BCUT2D eigenvalue weighted by Crippen LogP contribution is 2.36. The first-order valence-electron chi connectivity index (χ1n) is 6.21. The van der Waals surface area contributed by atoms with E-state index in [9.17, 15) is 4.79 Å². The summed E-state index contributed by atoms with van der Waals surface area (Å²) in [6.07, 6.45) is 0. The van der Waals surface area contributed by atoms with Gasteiger partial charge in [-0.05, 0) is 26.3 Å². The van der Waals surface area contributed by atoms with Crippen molar-refractivity contribution in [3.05, 3.63) is 26.6 Å². The Morgan fingerprint density at radius 3 is 2.71 bits per heavy atom. The molecule has 1 atom stereocenters. The van der Waals surface area contributed by atoms with Crippen LogP contribution in [0.5, 0.6) is 0 Å². The third-order valence-electron chi connectivity index (χ3n) is 3.14. The molecule has 0 saturated heterocycles. The van der Waals surface area contributed by atoms with E-state index in [-0.39, 0.29) is 10.8 Å².